The van der Waals surface area contributed by atoms with Gasteiger partial charge in [0.25, 0.3) is 5.91 Å². The molecule has 0 aliphatic rings. The Morgan fingerprint density at radius 1 is 1.21 bits per heavy atom. The minimum atomic E-state index is -0.388. The van der Waals surface area contributed by atoms with Gasteiger partial charge in [0.1, 0.15) is 11.8 Å². The third kappa shape index (κ3) is 4.43. The van der Waals surface area contributed by atoms with Gasteiger partial charge in [0, 0.05) is 0 Å². The molecule has 0 aromatic heterocycles. The molecule has 5 nitrogen and oxygen atoms in total. The molecule has 0 aliphatic heterocycles. The average molecular weight is 321 g/mol. The SMILES string of the molecule is Cc1cc(C)c(/C=N\NC(=O)COc2ccccc2C#N)cc1C. The maximum absolute atomic E-state index is 11.8. The summed E-state index contributed by atoms with van der Waals surface area (Å²) in [7, 11) is 0. The molecule has 0 aliphatic carbocycles. The number of hydrazone groups is 1. The highest BCUT2D eigenvalue weighted by atomic mass is 16.5. The van der Waals surface area contributed by atoms with E-state index in [0.29, 0.717) is 11.3 Å². The molecule has 1 N–H and O–H groups in total. The smallest absolute Gasteiger partial charge is 0.277 e. The van der Waals surface area contributed by atoms with E-state index in [9.17, 15) is 4.79 Å². The van der Waals surface area contributed by atoms with Crippen molar-refractivity contribution >= 4 is 12.1 Å². The topological polar surface area (TPSA) is 74.5 Å². The zero-order valence-electron chi connectivity index (χ0n) is 14.0. The lowest BCUT2D eigenvalue weighted by molar-refractivity contribution is -0.123. The van der Waals surface area contributed by atoms with Gasteiger partial charge in [-0.25, -0.2) is 5.43 Å². The minimum Gasteiger partial charge on any atom is -0.482 e. The Bertz CT molecular complexity index is 820. The van der Waals surface area contributed by atoms with Crippen molar-refractivity contribution in [3.05, 3.63) is 64.2 Å². The molecule has 0 unspecified atom stereocenters. The van der Waals surface area contributed by atoms with E-state index in [1.54, 1.807) is 30.5 Å². The van der Waals surface area contributed by atoms with Gasteiger partial charge in [-0.05, 0) is 61.2 Å². The second-order valence-electron chi connectivity index (χ2n) is 5.48. The van der Waals surface area contributed by atoms with Crippen LogP contribution < -0.4 is 10.2 Å². The molecule has 0 spiro atoms. The molecule has 1 amide bonds. The molecule has 2 rings (SSSR count). The number of nitriles is 1. The number of amides is 1. The van der Waals surface area contributed by atoms with Gasteiger partial charge in [0.15, 0.2) is 6.61 Å². The van der Waals surface area contributed by atoms with Crippen LogP contribution in [-0.2, 0) is 4.79 Å². The molecule has 0 bridgehead atoms. The first-order chi connectivity index (χ1) is 11.5. The number of carbonyl (C=O) groups excluding carboxylic acids is 1. The number of carbonyl (C=O) groups is 1. The molecule has 2 aromatic rings. The van der Waals surface area contributed by atoms with E-state index in [1.807, 2.05) is 26.0 Å². The van der Waals surface area contributed by atoms with Crippen LogP contribution in [0, 0.1) is 32.1 Å². The highest BCUT2D eigenvalue weighted by Crippen LogP contribution is 2.16. The van der Waals surface area contributed by atoms with Crippen LogP contribution in [0.1, 0.15) is 27.8 Å². The lowest BCUT2D eigenvalue weighted by atomic mass is 10.0. The molecule has 2 aromatic carbocycles. The highest BCUT2D eigenvalue weighted by molar-refractivity contribution is 5.84. The van der Waals surface area contributed by atoms with E-state index in [4.69, 9.17) is 10.00 Å². The van der Waals surface area contributed by atoms with E-state index in [2.05, 4.69) is 23.5 Å². The first kappa shape index (κ1) is 17.2. The van der Waals surface area contributed by atoms with Crippen molar-refractivity contribution in [2.24, 2.45) is 5.10 Å². The van der Waals surface area contributed by atoms with Gasteiger partial charge >= 0.3 is 0 Å². The summed E-state index contributed by atoms with van der Waals surface area (Å²) >= 11 is 0. The van der Waals surface area contributed by atoms with Crippen molar-refractivity contribution in [2.75, 3.05) is 6.61 Å². The quantitative estimate of drug-likeness (QED) is 0.679. The van der Waals surface area contributed by atoms with Gasteiger partial charge in [-0.1, -0.05) is 18.2 Å². The average Bonchev–Trinajstić information content (AvgIpc) is 2.57. The first-order valence-electron chi connectivity index (χ1n) is 7.53. The predicted molar refractivity (Wildman–Crippen MR) is 93.0 cm³/mol. The third-order valence-electron chi connectivity index (χ3n) is 3.64. The Kier molecular flexibility index (Phi) is 5.69. The van der Waals surface area contributed by atoms with Crippen molar-refractivity contribution in [3.8, 4) is 11.8 Å². The van der Waals surface area contributed by atoms with Crippen LogP contribution in [0.25, 0.3) is 0 Å². The summed E-state index contributed by atoms with van der Waals surface area (Å²) in [6.07, 6.45) is 1.61. The molecule has 122 valence electrons. The zero-order chi connectivity index (χ0) is 17.5. The summed E-state index contributed by atoms with van der Waals surface area (Å²) in [5, 5.41) is 12.9. The zero-order valence-corrected chi connectivity index (χ0v) is 14.0. The molecular formula is C19H19N3O2. The summed E-state index contributed by atoms with van der Waals surface area (Å²) < 4.78 is 5.34. The van der Waals surface area contributed by atoms with Crippen LogP contribution in [0.2, 0.25) is 0 Å². The Labute approximate surface area is 141 Å². The second-order valence-corrected chi connectivity index (χ2v) is 5.48. The summed E-state index contributed by atoms with van der Waals surface area (Å²) in [5.41, 5.74) is 7.25. The fraction of sp³-hybridized carbons (Fsp3) is 0.211. The van der Waals surface area contributed by atoms with Gasteiger partial charge < -0.3 is 4.74 Å². The molecule has 0 saturated heterocycles. The van der Waals surface area contributed by atoms with Crippen molar-refractivity contribution in [2.45, 2.75) is 20.8 Å². The van der Waals surface area contributed by atoms with E-state index >= 15 is 0 Å². The van der Waals surface area contributed by atoms with Crippen LogP contribution in [0.15, 0.2) is 41.5 Å². The number of benzene rings is 2. The molecule has 0 saturated carbocycles. The monoisotopic (exact) mass is 321 g/mol. The van der Waals surface area contributed by atoms with E-state index < -0.39 is 0 Å². The van der Waals surface area contributed by atoms with Crippen molar-refractivity contribution in [3.63, 3.8) is 0 Å². The summed E-state index contributed by atoms with van der Waals surface area (Å²) in [6.45, 7) is 5.88. The van der Waals surface area contributed by atoms with E-state index in [0.717, 1.165) is 11.1 Å². The number of nitrogens with zero attached hydrogens (tertiary/aromatic N) is 2. The minimum absolute atomic E-state index is 0.206. The normalized spacial score (nSPS) is 10.4. The molecule has 0 radical (unpaired) electrons. The van der Waals surface area contributed by atoms with Gasteiger partial charge in [0.05, 0.1) is 11.8 Å². The fourth-order valence-corrected chi connectivity index (χ4v) is 2.16. The molecule has 24 heavy (non-hydrogen) atoms. The van der Waals surface area contributed by atoms with Gasteiger partial charge in [-0.2, -0.15) is 10.4 Å². The Balaban J connectivity index is 1.92. The Morgan fingerprint density at radius 2 is 1.92 bits per heavy atom. The number of nitrogens with one attached hydrogen (secondary N) is 1. The van der Waals surface area contributed by atoms with E-state index in [1.165, 1.54) is 11.1 Å². The van der Waals surface area contributed by atoms with Crippen molar-refractivity contribution in [1.29, 1.82) is 5.26 Å². The Hall–Kier alpha value is -3.13. The maximum atomic E-state index is 11.8. The standard InChI is InChI=1S/C19H19N3O2/c1-13-8-15(3)17(9-14(13)2)11-21-22-19(23)12-24-18-7-5-4-6-16(18)10-20/h4-9,11H,12H2,1-3H3,(H,22,23)/b21-11-. The summed E-state index contributed by atoms with van der Waals surface area (Å²) in [6, 6.07) is 12.9. The number of rotatable bonds is 5. The number of hydrogen-bond donors (Lipinski definition) is 1. The predicted octanol–water partition coefficient (Wildman–Crippen LogP) is 3.01. The maximum Gasteiger partial charge on any atom is 0.277 e. The summed E-state index contributed by atoms with van der Waals surface area (Å²) in [4.78, 5) is 11.8. The summed E-state index contributed by atoms with van der Waals surface area (Å²) in [5.74, 6) is -0.00962. The second kappa shape index (κ2) is 7.93. The van der Waals surface area contributed by atoms with Gasteiger partial charge in [-0.3, -0.25) is 4.79 Å². The van der Waals surface area contributed by atoms with Crippen LogP contribution in [-0.4, -0.2) is 18.7 Å². The fourth-order valence-electron chi connectivity index (χ4n) is 2.16. The molecular weight excluding hydrogens is 302 g/mol. The molecule has 5 heteroatoms. The number of ether oxygens (including phenoxy) is 1. The van der Waals surface area contributed by atoms with Crippen LogP contribution in [0.4, 0.5) is 0 Å². The lowest BCUT2D eigenvalue weighted by Gasteiger charge is -2.07. The molecule has 0 atom stereocenters. The van der Waals surface area contributed by atoms with Crippen LogP contribution >= 0.6 is 0 Å². The van der Waals surface area contributed by atoms with Crippen LogP contribution in [0.3, 0.4) is 0 Å². The van der Waals surface area contributed by atoms with Crippen molar-refractivity contribution in [1.82, 2.24) is 5.43 Å². The lowest BCUT2D eigenvalue weighted by Crippen LogP contribution is -2.24. The van der Waals surface area contributed by atoms with E-state index in [-0.39, 0.29) is 12.5 Å². The number of para-hydroxylation sites is 1. The highest BCUT2D eigenvalue weighted by Gasteiger charge is 2.05. The molecule has 0 fully saturated rings. The van der Waals surface area contributed by atoms with Gasteiger partial charge in [0.2, 0.25) is 0 Å². The Morgan fingerprint density at radius 3 is 2.67 bits per heavy atom. The number of aryl methyl sites for hydroxylation is 3. The van der Waals surface area contributed by atoms with Gasteiger partial charge in [-0.15, -0.1) is 0 Å². The molecule has 0 heterocycles. The number of hydrogen-bond acceptors (Lipinski definition) is 4. The van der Waals surface area contributed by atoms with Crippen LogP contribution in [0.5, 0.6) is 5.75 Å². The first-order valence-corrected chi connectivity index (χ1v) is 7.53. The third-order valence-corrected chi connectivity index (χ3v) is 3.64. The van der Waals surface area contributed by atoms with Crippen molar-refractivity contribution < 1.29 is 9.53 Å². The largest absolute Gasteiger partial charge is 0.482 e.